The van der Waals surface area contributed by atoms with Crippen LogP contribution in [0.1, 0.15) is 38.4 Å². The summed E-state index contributed by atoms with van der Waals surface area (Å²) in [7, 11) is 0. The van der Waals surface area contributed by atoms with E-state index in [2.05, 4.69) is 21.2 Å². The highest BCUT2D eigenvalue weighted by Crippen LogP contribution is 2.28. The highest BCUT2D eigenvalue weighted by molar-refractivity contribution is 7.09. The summed E-state index contributed by atoms with van der Waals surface area (Å²) in [6.07, 6.45) is 6.15. The van der Waals surface area contributed by atoms with Crippen LogP contribution < -0.4 is 10.6 Å². The lowest BCUT2D eigenvalue weighted by Crippen LogP contribution is -2.37. The molecule has 0 saturated heterocycles. The number of anilines is 1. The molecule has 4 nitrogen and oxygen atoms in total. The van der Waals surface area contributed by atoms with E-state index in [-0.39, 0.29) is 0 Å². The summed E-state index contributed by atoms with van der Waals surface area (Å²) in [5.41, 5.74) is 5.69. The van der Waals surface area contributed by atoms with E-state index in [0.717, 1.165) is 23.9 Å². The van der Waals surface area contributed by atoms with Crippen LogP contribution in [-0.4, -0.2) is 28.5 Å². The fraction of sp³-hybridized carbons (Fsp3) is 0.818. The molecule has 0 spiro atoms. The molecule has 1 aliphatic carbocycles. The van der Waals surface area contributed by atoms with Crippen LogP contribution in [0.3, 0.4) is 0 Å². The predicted molar refractivity (Wildman–Crippen MR) is 67.9 cm³/mol. The Morgan fingerprint density at radius 1 is 1.44 bits per heavy atom. The number of aromatic nitrogens is 2. The second kappa shape index (κ2) is 5.59. The van der Waals surface area contributed by atoms with Gasteiger partial charge in [-0.3, -0.25) is 0 Å². The average Bonchev–Trinajstić information content (AvgIpc) is 2.97. The van der Waals surface area contributed by atoms with Crippen molar-refractivity contribution in [2.24, 2.45) is 5.73 Å². The van der Waals surface area contributed by atoms with Crippen LogP contribution in [0.5, 0.6) is 0 Å². The Bertz CT molecular complexity index is 320. The van der Waals surface area contributed by atoms with E-state index in [9.17, 15) is 0 Å². The first-order valence-corrected chi connectivity index (χ1v) is 6.91. The van der Waals surface area contributed by atoms with Gasteiger partial charge < -0.3 is 10.6 Å². The van der Waals surface area contributed by atoms with E-state index in [1.54, 1.807) is 0 Å². The van der Waals surface area contributed by atoms with E-state index in [1.807, 2.05) is 0 Å². The number of nitrogens with two attached hydrogens (primary N) is 1. The van der Waals surface area contributed by atoms with Gasteiger partial charge in [-0.15, -0.1) is 0 Å². The molecule has 1 saturated carbocycles. The van der Waals surface area contributed by atoms with Crippen LogP contribution in [0.2, 0.25) is 0 Å². The molecule has 0 bridgehead atoms. The third-order valence-corrected chi connectivity index (χ3v) is 3.95. The maximum absolute atomic E-state index is 5.69. The molecule has 0 aliphatic heterocycles. The molecule has 90 valence electrons. The molecule has 1 aromatic heterocycles. The summed E-state index contributed by atoms with van der Waals surface area (Å²) in [4.78, 5) is 6.93. The molecule has 0 atom stereocenters. The summed E-state index contributed by atoms with van der Waals surface area (Å²) < 4.78 is 4.36. The van der Waals surface area contributed by atoms with Gasteiger partial charge >= 0.3 is 0 Å². The fourth-order valence-corrected chi connectivity index (χ4v) is 3.14. The molecule has 2 rings (SSSR count). The predicted octanol–water partition coefficient (Wildman–Crippen LogP) is 1.81. The van der Waals surface area contributed by atoms with Gasteiger partial charge in [0, 0.05) is 37.1 Å². The van der Waals surface area contributed by atoms with E-state index in [4.69, 9.17) is 5.73 Å². The van der Waals surface area contributed by atoms with Crippen molar-refractivity contribution in [3.8, 4) is 0 Å². The normalized spacial score (nSPS) is 16.9. The lowest BCUT2D eigenvalue weighted by Gasteiger charge is -2.27. The quantitative estimate of drug-likeness (QED) is 0.853. The number of nitrogens with zero attached hydrogens (tertiary/aromatic N) is 3. The summed E-state index contributed by atoms with van der Waals surface area (Å²) in [5.74, 6) is 0.958. The van der Waals surface area contributed by atoms with Gasteiger partial charge in [0.1, 0.15) is 5.82 Å². The first-order valence-electron chi connectivity index (χ1n) is 6.14. The highest BCUT2D eigenvalue weighted by atomic mass is 32.1. The van der Waals surface area contributed by atoms with Crippen molar-refractivity contribution in [1.82, 2.24) is 9.36 Å². The first kappa shape index (κ1) is 11.8. The Morgan fingerprint density at radius 3 is 2.75 bits per heavy atom. The van der Waals surface area contributed by atoms with Gasteiger partial charge in [-0.1, -0.05) is 19.8 Å². The van der Waals surface area contributed by atoms with Crippen LogP contribution in [0.25, 0.3) is 0 Å². The third kappa shape index (κ3) is 2.52. The molecule has 5 heteroatoms. The minimum Gasteiger partial charge on any atom is -0.343 e. The van der Waals surface area contributed by atoms with Crippen molar-refractivity contribution in [2.75, 3.05) is 18.0 Å². The van der Waals surface area contributed by atoms with E-state index in [1.165, 1.54) is 37.2 Å². The van der Waals surface area contributed by atoms with Crippen LogP contribution in [0, 0.1) is 0 Å². The number of aryl methyl sites for hydroxylation is 1. The average molecular weight is 240 g/mol. The zero-order chi connectivity index (χ0) is 11.4. The van der Waals surface area contributed by atoms with E-state index >= 15 is 0 Å². The van der Waals surface area contributed by atoms with Crippen LogP contribution in [0.4, 0.5) is 5.13 Å². The molecule has 0 amide bonds. The summed E-state index contributed by atoms with van der Waals surface area (Å²) in [5, 5.41) is 1.06. The van der Waals surface area contributed by atoms with Crippen molar-refractivity contribution < 1.29 is 0 Å². The number of hydrogen-bond donors (Lipinski definition) is 1. The molecule has 0 unspecified atom stereocenters. The second-order valence-corrected chi connectivity index (χ2v) is 5.00. The lowest BCUT2D eigenvalue weighted by atomic mass is 10.2. The van der Waals surface area contributed by atoms with Crippen LogP contribution in [-0.2, 0) is 6.42 Å². The zero-order valence-corrected chi connectivity index (χ0v) is 10.7. The van der Waals surface area contributed by atoms with Crippen molar-refractivity contribution in [2.45, 2.75) is 45.1 Å². The van der Waals surface area contributed by atoms with E-state index < -0.39 is 0 Å². The Kier molecular flexibility index (Phi) is 4.12. The highest BCUT2D eigenvalue weighted by Gasteiger charge is 2.24. The van der Waals surface area contributed by atoms with Gasteiger partial charge in [-0.25, -0.2) is 4.98 Å². The molecule has 1 heterocycles. The third-order valence-electron chi connectivity index (χ3n) is 3.15. The van der Waals surface area contributed by atoms with Gasteiger partial charge in [0.15, 0.2) is 0 Å². The van der Waals surface area contributed by atoms with Gasteiger partial charge in [-0.2, -0.15) is 4.37 Å². The number of rotatable bonds is 5. The molecule has 0 aromatic carbocycles. The van der Waals surface area contributed by atoms with Crippen molar-refractivity contribution in [3.05, 3.63) is 5.82 Å². The second-order valence-electron chi connectivity index (χ2n) is 4.27. The Morgan fingerprint density at radius 2 is 2.19 bits per heavy atom. The van der Waals surface area contributed by atoms with Crippen LogP contribution in [0.15, 0.2) is 0 Å². The minimum atomic E-state index is 0.640. The summed E-state index contributed by atoms with van der Waals surface area (Å²) in [6.45, 7) is 3.69. The molecular weight excluding hydrogens is 220 g/mol. The Labute approximate surface area is 101 Å². The number of hydrogen-bond acceptors (Lipinski definition) is 5. The van der Waals surface area contributed by atoms with E-state index in [0.29, 0.717) is 12.6 Å². The standard InChI is InChI=1S/C11H20N4S/c1-2-10-13-11(16-14-10)15(8-7-12)9-5-3-4-6-9/h9H,2-8,12H2,1H3. The Balaban J connectivity index is 2.10. The zero-order valence-electron chi connectivity index (χ0n) is 9.85. The SMILES string of the molecule is CCc1nsc(N(CCN)C2CCCC2)n1. The molecular formula is C11H20N4S. The van der Waals surface area contributed by atoms with Crippen molar-refractivity contribution >= 4 is 16.7 Å². The van der Waals surface area contributed by atoms with Gasteiger partial charge in [0.25, 0.3) is 0 Å². The maximum atomic E-state index is 5.69. The lowest BCUT2D eigenvalue weighted by molar-refractivity contribution is 0.606. The fourth-order valence-electron chi connectivity index (χ4n) is 2.29. The monoisotopic (exact) mass is 240 g/mol. The van der Waals surface area contributed by atoms with Crippen molar-refractivity contribution in [3.63, 3.8) is 0 Å². The van der Waals surface area contributed by atoms with Crippen LogP contribution >= 0.6 is 11.5 Å². The molecule has 1 aliphatic rings. The summed E-state index contributed by atoms with van der Waals surface area (Å²) >= 11 is 1.52. The van der Waals surface area contributed by atoms with Gasteiger partial charge in [-0.05, 0) is 12.8 Å². The molecule has 1 aromatic rings. The molecule has 1 fully saturated rings. The largest absolute Gasteiger partial charge is 0.343 e. The first-order chi connectivity index (χ1) is 7.85. The van der Waals surface area contributed by atoms with Gasteiger partial charge in [0.2, 0.25) is 5.13 Å². The summed E-state index contributed by atoms with van der Waals surface area (Å²) in [6, 6.07) is 0.640. The minimum absolute atomic E-state index is 0.640. The van der Waals surface area contributed by atoms with Crippen molar-refractivity contribution in [1.29, 1.82) is 0 Å². The smallest absolute Gasteiger partial charge is 0.205 e. The molecule has 16 heavy (non-hydrogen) atoms. The topological polar surface area (TPSA) is 55.0 Å². The molecule has 0 radical (unpaired) electrons. The Hall–Kier alpha value is -0.680. The van der Waals surface area contributed by atoms with Gasteiger partial charge in [0.05, 0.1) is 0 Å². The maximum Gasteiger partial charge on any atom is 0.205 e. The molecule has 2 N–H and O–H groups in total.